The van der Waals surface area contributed by atoms with Crippen LogP contribution in [-0.4, -0.2) is 46.5 Å². The topological polar surface area (TPSA) is 95.4 Å². The SMILES string of the molecule is CCCCCCn1c(O)c(C(C)=O)c(=O)[nH]c1=O.CN(C)C. The molecule has 1 aromatic rings. The van der Waals surface area contributed by atoms with Crippen molar-refractivity contribution in [3.8, 4) is 5.88 Å². The Kier molecular flexibility index (Phi) is 9.09. The zero-order valence-corrected chi connectivity index (χ0v) is 14.1. The van der Waals surface area contributed by atoms with Gasteiger partial charge in [-0.2, -0.15) is 0 Å². The summed E-state index contributed by atoms with van der Waals surface area (Å²) in [6.07, 6.45) is 3.74. The Morgan fingerprint density at radius 1 is 1.18 bits per heavy atom. The largest absolute Gasteiger partial charge is 0.494 e. The van der Waals surface area contributed by atoms with E-state index in [2.05, 4.69) is 6.92 Å². The summed E-state index contributed by atoms with van der Waals surface area (Å²) in [6.45, 7) is 3.54. The standard InChI is InChI=1S/C12H18N2O4.C3H9N/c1-3-4-5-6-7-14-11(17)9(8(2)15)10(16)13-12(14)18;1-4(2)3/h17H,3-7H2,1-2H3,(H,13,16,18);1-3H3. The second-order valence-electron chi connectivity index (χ2n) is 5.57. The number of ketones is 1. The van der Waals surface area contributed by atoms with Gasteiger partial charge >= 0.3 is 5.69 Å². The molecular formula is C15H27N3O4. The predicted molar refractivity (Wildman–Crippen MR) is 86.7 cm³/mol. The first-order valence-electron chi connectivity index (χ1n) is 7.40. The lowest BCUT2D eigenvalue weighted by molar-refractivity contribution is 0.101. The van der Waals surface area contributed by atoms with Crippen LogP contribution in [-0.2, 0) is 6.54 Å². The maximum absolute atomic E-state index is 11.5. The van der Waals surface area contributed by atoms with E-state index in [1.165, 1.54) is 6.92 Å². The number of rotatable bonds is 6. The lowest BCUT2D eigenvalue weighted by atomic mass is 10.2. The van der Waals surface area contributed by atoms with Crippen LogP contribution < -0.4 is 11.2 Å². The van der Waals surface area contributed by atoms with Crippen LogP contribution in [0.2, 0.25) is 0 Å². The molecule has 1 rings (SSSR count). The van der Waals surface area contributed by atoms with Crippen molar-refractivity contribution in [2.45, 2.75) is 46.1 Å². The number of nitrogens with zero attached hydrogens (tertiary/aromatic N) is 2. The maximum Gasteiger partial charge on any atom is 0.331 e. The van der Waals surface area contributed by atoms with Gasteiger partial charge in [-0.3, -0.25) is 19.1 Å². The lowest BCUT2D eigenvalue weighted by Crippen LogP contribution is -2.33. The number of H-pyrrole nitrogens is 1. The normalized spacial score (nSPS) is 10.3. The van der Waals surface area contributed by atoms with Gasteiger partial charge < -0.3 is 10.0 Å². The van der Waals surface area contributed by atoms with E-state index in [9.17, 15) is 19.5 Å². The molecule has 0 bridgehead atoms. The molecule has 0 aromatic carbocycles. The van der Waals surface area contributed by atoms with E-state index in [0.29, 0.717) is 13.0 Å². The van der Waals surface area contributed by atoms with E-state index in [1.54, 1.807) is 0 Å². The Bertz CT molecular complexity index is 585. The van der Waals surface area contributed by atoms with Crippen molar-refractivity contribution in [1.29, 1.82) is 0 Å². The minimum atomic E-state index is -0.838. The molecule has 0 aliphatic carbocycles. The quantitative estimate of drug-likeness (QED) is 0.608. The molecule has 1 aromatic heterocycles. The van der Waals surface area contributed by atoms with Crippen LogP contribution in [0.1, 0.15) is 49.9 Å². The number of hydrogen-bond donors (Lipinski definition) is 2. The van der Waals surface area contributed by atoms with E-state index in [4.69, 9.17) is 0 Å². The second kappa shape index (κ2) is 9.94. The molecule has 0 unspecified atom stereocenters. The molecule has 7 heteroatoms. The van der Waals surface area contributed by atoms with Crippen molar-refractivity contribution < 1.29 is 9.90 Å². The Morgan fingerprint density at radius 2 is 1.73 bits per heavy atom. The zero-order valence-electron chi connectivity index (χ0n) is 14.1. The highest BCUT2D eigenvalue weighted by atomic mass is 16.3. The number of hydrogen-bond acceptors (Lipinski definition) is 5. The van der Waals surface area contributed by atoms with Crippen LogP contribution in [0.4, 0.5) is 0 Å². The highest BCUT2D eigenvalue weighted by Gasteiger charge is 2.17. The smallest absolute Gasteiger partial charge is 0.331 e. The molecule has 0 radical (unpaired) electrons. The first-order chi connectivity index (χ1) is 10.2. The van der Waals surface area contributed by atoms with E-state index >= 15 is 0 Å². The van der Waals surface area contributed by atoms with Crippen molar-refractivity contribution in [3.63, 3.8) is 0 Å². The van der Waals surface area contributed by atoms with Crippen molar-refractivity contribution in [1.82, 2.24) is 14.5 Å². The Balaban J connectivity index is 0.000000980. The van der Waals surface area contributed by atoms with Gasteiger partial charge in [0.25, 0.3) is 5.56 Å². The van der Waals surface area contributed by atoms with Crippen LogP contribution in [0.15, 0.2) is 9.59 Å². The number of Topliss-reactive ketones (excluding diaryl/α,β-unsaturated/α-hetero) is 1. The Morgan fingerprint density at radius 3 is 2.18 bits per heavy atom. The molecule has 2 N–H and O–H groups in total. The van der Waals surface area contributed by atoms with Gasteiger partial charge in [-0.15, -0.1) is 0 Å². The van der Waals surface area contributed by atoms with E-state index in [1.807, 2.05) is 31.0 Å². The average Bonchev–Trinajstić information content (AvgIpc) is 2.36. The Hall–Kier alpha value is -1.89. The molecule has 0 aliphatic rings. The second-order valence-corrected chi connectivity index (χ2v) is 5.57. The molecule has 1 heterocycles. The maximum atomic E-state index is 11.5. The molecule has 126 valence electrons. The van der Waals surface area contributed by atoms with Gasteiger partial charge in [0.2, 0.25) is 5.88 Å². The zero-order chi connectivity index (χ0) is 17.3. The third kappa shape index (κ3) is 6.71. The molecule has 0 spiro atoms. The van der Waals surface area contributed by atoms with Crippen LogP contribution in [0.5, 0.6) is 5.88 Å². The molecular weight excluding hydrogens is 286 g/mol. The fourth-order valence-corrected chi connectivity index (χ4v) is 1.78. The summed E-state index contributed by atoms with van der Waals surface area (Å²) in [7, 11) is 6.00. The molecule has 0 aliphatic heterocycles. The van der Waals surface area contributed by atoms with Gasteiger partial charge in [-0.25, -0.2) is 4.79 Å². The van der Waals surface area contributed by atoms with Crippen LogP contribution >= 0.6 is 0 Å². The first kappa shape index (κ1) is 20.1. The van der Waals surface area contributed by atoms with Gasteiger partial charge in [0.1, 0.15) is 5.56 Å². The number of aromatic amines is 1. The summed E-state index contributed by atoms with van der Waals surface area (Å²) in [5, 5.41) is 9.80. The average molecular weight is 313 g/mol. The highest BCUT2D eigenvalue weighted by Crippen LogP contribution is 2.12. The summed E-state index contributed by atoms with van der Waals surface area (Å²) >= 11 is 0. The van der Waals surface area contributed by atoms with Gasteiger partial charge in [-0.05, 0) is 34.5 Å². The van der Waals surface area contributed by atoms with Crippen molar-refractivity contribution in [3.05, 3.63) is 26.4 Å². The first-order valence-corrected chi connectivity index (χ1v) is 7.40. The Labute approximate surface area is 130 Å². The number of aromatic nitrogens is 2. The third-order valence-corrected chi connectivity index (χ3v) is 2.76. The van der Waals surface area contributed by atoms with Crippen LogP contribution in [0.25, 0.3) is 0 Å². The summed E-state index contributed by atoms with van der Waals surface area (Å²) in [5.41, 5.74) is -1.88. The van der Waals surface area contributed by atoms with Gasteiger partial charge in [0, 0.05) is 6.54 Å². The molecule has 7 nitrogen and oxygen atoms in total. The minimum Gasteiger partial charge on any atom is -0.494 e. The summed E-state index contributed by atoms with van der Waals surface area (Å²) in [6, 6.07) is 0. The third-order valence-electron chi connectivity index (χ3n) is 2.76. The van der Waals surface area contributed by atoms with Crippen molar-refractivity contribution in [2.75, 3.05) is 21.1 Å². The number of nitrogens with one attached hydrogen (secondary N) is 1. The van der Waals surface area contributed by atoms with Gasteiger partial charge in [-0.1, -0.05) is 26.2 Å². The van der Waals surface area contributed by atoms with Crippen molar-refractivity contribution in [2.24, 2.45) is 0 Å². The molecule has 22 heavy (non-hydrogen) atoms. The summed E-state index contributed by atoms with van der Waals surface area (Å²) in [4.78, 5) is 38.2. The summed E-state index contributed by atoms with van der Waals surface area (Å²) in [5.74, 6) is -1.09. The van der Waals surface area contributed by atoms with Crippen LogP contribution in [0, 0.1) is 0 Å². The fraction of sp³-hybridized carbons (Fsp3) is 0.667. The van der Waals surface area contributed by atoms with Crippen LogP contribution in [0.3, 0.4) is 0 Å². The predicted octanol–water partition coefficient (Wildman–Crippen LogP) is 1.20. The minimum absolute atomic E-state index is 0.293. The summed E-state index contributed by atoms with van der Waals surface area (Å²) < 4.78 is 1.04. The van der Waals surface area contributed by atoms with E-state index in [-0.39, 0.29) is 5.56 Å². The molecule has 0 saturated carbocycles. The van der Waals surface area contributed by atoms with Gasteiger partial charge in [0.05, 0.1) is 0 Å². The monoisotopic (exact) mass is 313 g/mol. The number of carbonyl (C=O) groups excluding carboxylic acids is 1. The van der Waals surface area contributed by atoms with Gasteiger partial charge in [0.15, 0.2) is 5.78 Å². The fourth-order valence-electron chi connectivity index (χ4n) is 1.78. The van der Waals surface area contributed by atoms with Crippen molar-refractivity contribution >= 4 is 5.78 Å². The number of carbonyl (C=O) groups is 1. The molecule has 0 saturated heterocycles. The van der Waals surface area contributed by atoms with E-state index < -0.39 is 22.9 Å². The van der Waals surface area contributed by atoms with E-state index in [0.717, 1.165) is 23.8 Å². The molecule has 0 atom stereocenters. The lowest BCUT2D eigenvalue weighted by Gasteiger charge is -2.09. The molecule has 0 amide bonds. The number of unbranched alkanes of at least 4 members (excludes halogenated alkanes) is 3. The highest BCUT2D eigenvalue weighted by molar-refractivity contribution is 5.95. The number of aromatic hydroxyl groups is 1. The molecule has 0 fully saturated rings.